The molecule has 0 saturated heterocycles. The number of pyridine rings is 1. The average molecular weight is 259 g/mol. The molecule has 0 aromatic carbocycles. The number of nitrogens with one attached hydrogen (secondary N) is 1. The topological polar surface area (TPSA) is 71.2 Å². The highest BCUT2D eigenvalue weighted by molar-refractivity contribution is 5.44. The van der Waals surface area contributed by atoms with Gasteiger partial charge in [0.2, 0.25) is 0 Å². The van der Waals surface area contributed by atoms with Crippen molar-refractivity contribution in [2.75, 3.05) is 24.2 Å². The van der Waals surface area contributed by atoms with Crippen molar-refractivity contribution in [3.8, 4) is 0 Å². The maximum atomic E-state index is 13.4. The Kier molecular flexibility index (Phi) is 5.77. The highest BCUT2D eigenvalue weighted by Gasteiger charge is 2.12. The molecule has 0 saturated carbocycles. The highest BCUT2D eigenvalue weighted by atomic mass is 19.1. The molecule has 0 fully saturated rings. The normalized spacial score (nSPS) is 12.4. The van der Waals surface area contributed by atoms with Crippen molar-refractivity contribution in [3.63, 3.8) is 0 Å². The van der Waals surface area contributed by atoms with Gasteiger partial charge in [0.05, 0.1) is 0 Å². The lowest BCUT2D eigenvalue weighted by Gasteiger charge is -2.16. The SMILES string of the molecule is CCCC(CCO)CNc1nc(N)c(F)cc1F. The minimum Gasteiger partial charge on any atom is -0.396 e. The van der Waals surface area contributed by atoms with Crippen molar-refractivity contribution in [1.29, 1.82) is 0 Å². The van der Waals surface area contributed by atoms with Gasteiger partial charge in [-0.2, -0.15) is 0 Å². The molecule has 1 aromatic heterocycles. The van der Waals surface area contributed by atoms with E-state index in [9.17, 15) is 8.78 Å². The Hall–Kier alpha value is -1.43. The number of nitrogens with zero attached hydrogens (tertiary/aromatic N) is 1. The molecule has 4 nitrogen and oxygen atoms in total. The van der Waals surface area contributed by atoms with E-state index in [-0.39, 0.29) is 24.2 Å². The van der Waals surface area contributed by atoms with Gasteiger partial charge in [0.1, 0.15) is 0 Å². The molecule has 0 spiro atoms. The monoisotopic (exact) mass is 259 g/mol. The maximum absolute atomic E-state index is 13.4. The Labute approximate surface area is 105 Å². The summed E-state index contributed by atoms with van der Waals surface area (Å²) in [6.07, 6.45) is 2.54. The summed E-state index contributed by atoms with van der Waals surface area (Å²) in [4.78, 5) is 3.62. The number of hydrogen-bond donors (Lipinski definition) is 3. The van der Waals surface area contributed by atoms with Gasteiger partial charge in [-0.3, -0.25) is 0 Å². The van der Waals surface area contributed by atoms with Crippen LogP contribution in [0.15, 0.2) is 6.07 Å². The molecule has 1 unspecified atom stereocenters. The quantitative estimate of drug-likeness (QED) is 0.701. The van der Waals surface area contributed by atoms with Crippen LogP contribution in [0.4, 0.5) is 20.4 Å². The number of anilines is 2. The van der Waals surface area contributed by atoms with Crippen LogP contribution in [0.1, 0.15) is 26.2 Å². The predicted octanol–water partition coefficient (Wildman–Crippen LogP) is 2.15. The molecule has 4 N–H and O–H groups in total. The number of hydrogen-bond acceptors (Lipinski definition) is 4. The van der Waals surface area contributed by atoms with E-state index in [0.29, 0.717) is 19.0 Å². The van der Waals surface area contributed by atoms with Crippen LogP contribution in [0.25, 0.3) is 0 Å². The first-order valence-electron chi connectivity index (χ1n) is 6.04. The van der Waals surface area contributed by atoms with Gasteiger partial charge in [-0.25, -0.2) is 13.8 Å². The minimum absolute atomic E-state index is 0.0482. The van der Waals surface area contributed by atoms with Crippen molar-refractivity contribution in [1.82, 2.24) is 4.98 Å². The molecule has 1 heterocycles. The first-order chi connectivity index (χ1) is 8.58. The zero-order valence-electron chi connectivity index (χ0n) is 10.4. The molecular weight excluding hydrogens is 240 g/mol. The van der Waals surface area contributed by atoms with Gasteiger partial charge in [0.15, 0.2) is 23.3 Å². The smallest absolute Gasteiger partial charge is 0.168 e. The van der Waals surface area contributed by atoms with Crippen LogP contribution in [-0.4, -0.2) is 23.2 Å². The van der Waals surface area contributed by atoms with Crippen molar-refractivity contribution < 1.29 is 13.9 Å². The van der Waals surface area contributed by atoms with E-state index in [2.05, 4.69) is 10.3 Å². The second-order valence-electron chi connectivity index (χ2n) is 4.23. The van der Waals surface area contributed by atoms with Gasteiger partial charge < -0.3 is 16.2 Å². The van der Waals surface area contributed by atoms with E-state index in [1.807, 2.05) is 6.92 Å². The Bertz CT molecular complexity index is 382. The first kappa shape index (κ1) is 14.6. The van der Waals surface area contributed by atoms with Gasteiger partial charge in [-0.15, -0.1) is 0 Å². The molecule has 0 amide bonds. The summed E-state index contributed by atoms with van der Waals surface area (Å²) in [7, 11) is 0. The van der Waals surface area contributed by atoms with Crippen LogP contribution in [0.5, 0.6) is 0 Å². The molecule has 0 bridgehead atoms. The molecular formula is C12H19F2N3O. The second kappa shape index (κ2) is 7.10. The molecule has 102 valence electrons. The highest BCUT2D eigenvalue weighted by Crippen LogP contribution is 2.18. The van der Waals surface area contributed by atoms with E-state index in [1.54, 1.807) is 0 Å². The van der Waals surface area contributed by atoms with Gasteiger partial charge in [-0.05, 0) is 18.8 Å². The number of aliphatic hydroxyl groups is 1. The molecule has 1 atom stereocenters. The summed E-state index contributed by atoms with van der Waals surface area (Å²) in [5.41, 5.74) is 5.28. The summed E-state index contributed by atoms with van der Waals surface area (Å²) in [6.45, 7) is 2.61. The number of nitrogens with two attached hydrogens (primary N) is 1. The number of rotatable bonds is 7. The predicted molar refractivity (Wildman–Crippen MR) is 67.2 cm³/mol. The van der Waals surface area contributed by atoms with E-state index >= 15 is 0 Å². The molecule has 1 aromatic rings. The van der Waals surface area contributed by atoms with Crippen LogP contribution >= 0.6 is 0 Å². The lowest BCUT2D eigenvalue weighted by Crippen LogP contribution is -2.17. The molecule has 0 aliphatic rings. The molecule has 1 rings (SSSR count). The third kappa shape index (κ3) is 4.10. The summed E-state index contributed by atoms with van der Waals surface area (Å²) >= 11 is 0. The fraction of sp³-hybridized carbons (Fsp3) is 0.583. The maximum Gasteiger partial charge on any atom is 0.168 e. The number of aromatic nitrogens is 1. The third-order valence-corrected chi connectivity index (χ3v) is 2.75. The van der Waals surface area contributed by atoms with Crippen LogP contribution in [0.3, 0.4) is 0 Å². The van der Waals surface area contributed by atoms with Crippen LogP contribution in [0, 0.1) is 17.6 Å². The van der Waals surface area contributed by atoms with Crippen LogP contribution in [0.2, 0.25) is 0 Å². The minimum atomic E-state index is -0.862. The standard InChI is InChI=1S/C12H19F2N3O/c1-2-3-8(4-5-18)7-16-12-10(14)6-9(13)11(15)17-12/h6,8,18H,2-5,7H2,1H3,(H3,15,16,17). The van der Waals surface area contributed by atoms with Gasteiger partial charge in [0, 0.05) is 19.2 Å². The van der Waals surface area contributed by atoms with Gasteiger partial charge >= 0.3 is 0 Å². The van der Waals surface area contributed by atoms with E-state index < -0.39 is 11.6 Å². The zero-order chi connectivity index (χ0) is 13.5. The van der Waals surface area contributed by atoms with Crippen LogP contribution < -0.4 is 11.1 Å². The van der Waals surface area contributed by atoms with Gasteiger partial charge in [-0.1, -0.05) is 13.3 Å². The second-order valence-corrected chi connectivity index (χ2v) is 4.23. The molecule has 0 radical (unpaired) electrons. The Morgan fingerprint density at radius 3 is 2.72 bits per heavy atom. The lowest BCUT2D eigenvalue weighted by atomic mass is 10.0. The molecule has 6 heteroatoms. The summed E-state index contributed by atoms with van der Waals surface area (Å²) in [5, 5.41) is 11.7. The first-order valence-corrected chi connectivity index (χ1v) is 6.04. The summed E-state index contributed by atoms with van der Waals surface area (Å²) < 4.78 is 26.3. The zero-order valence-corrected chi connectivity index (χ0v) is 10.4. The fourth-order valence-electron chi connectivity index (χ4n) is 1.79. The van der Waals surface area contributed by atoms with Crippen LogP contribution in [-0.2, 0) is 0 Å². The summed E-state index contributed by atoms with van der Waals surface area (Å²) in [6, 6.07) is 0.714. The van der Waals surface area contributed by atoms with Crippen molar-refractivity contribution in [3.05, 3.63) is 17.7 Å². The van der Waals surface area contributed by atoms with E-state index in [4.69, 9.17) is 10.8 Å². The third-order valence-electron chi connectivity index (χ3n) is 2.75. The van der Waals surface area contributed by atoms with Gasteiger partial charge in [0.25, 0.3) is 0 Å². The lowest BCUT2D eigenvalue weighted by molar-refractivity contribution is 0.255. The van der Waals surface area contributed by atoms with Crippen molar-refractivity contribution in [2.24, 2.45) is 5.92 Å². The fourth-order valence-corrected chi connectivity index (χ4v) is 1.79. The molecule has 0 aliphatic carbocycles. The van der Waals surface area contributed by atoms with Crippen molar-refractivity contribution in [2.45, 2.75) is 26.2 Å². The molecule has 0 aliphatic heterocycles. The van der Waals surface area contributed by atoms with Crippen molar-refractivity contribution >= 4 is 11.6 Å². The molecule has 18 heavy (non-hydrogen) atoms. The Morgan fingerprint density at radius 1 is 1.39 bits per heavy atom. The number of halogens is 2. The largest absolute Gasteiger partial charge is 0.396 e. The summed E-state index contributed by atoms with van der Waals surface area (Å²) in [5.74, 6) is -1.77. The number of aliphatic hydroxyl groups excluding tert-OH is 1. The van der Waals surface area contributed by atoms with E-state index in [0.717, 1.165) is 12.8 Å². The number of nitrogen functional groups attached to an aromatic ring is 1. The average Bonchev–Trinajstić information content (AvgIpc) is 2.32. The Balaban J connectivity index is 2.64. The Morgan fingerprint density at radius 2 is 2.11 bits per heavy atom. The van der Waals surface area contributed by atoms with E-state index in [1.165, 1.54) is 0 Å².